The first-order valence-corrected chi connectivity index (χ1v) is 8.89. The van der Waals surface area contributed by atoms with Gasteiger partial charge in [-0.05, 0) is 48.9 Å². The van der Waals surface area contributed by atoms with E-state index >= 15 is 0 Å². The van der Waals surface area contributed by atoms with Crippen LogP contribution >= 0.6 is 0 Å². The molecule has 0 saturated carbocycles. The van der Waals surface area contributed by atoms with Crippen LogP contribution in [0.4, 0.5) is 0 Å². The van der Waals surface area contributed by atoms with Crippen molar-refractivity contribution in [2.75, 3.05) is 7.11 Å². The average Bonchev–Trinajstić information content (AvgIpc) is 3.13. The standard InChI is InChI=1S/C22H19N3O2/c1-27-17-10-8-15(9-11-17)22(26)21-13-16(14-23)19-6-4-7-20(25(19)21)18-5-2-3-12-24-18/h2-12,16,19,21H,13H2,1H3/t16-,19+,21+/m0/s1. The SMILES string of the molecule is COc1ccc(C(=O)[C@H]2C[C@@H](C#N)[C@H]3C=CC=C(c4ccccn4)N23)cc1. The molecule has 2 aromatic rings. The number of pyridine rings is 1. The van der Waals surface area contributed by atoms with Gasteiger partial charge < -0.3 is 9.64 Å². The molecule has 1 saturated heterocycles. The molecule has 0 radical (unpaired) electrons. The molecule has 3 atom stereocenters. The van der Waals surface area contributed by atoms with Crippen LogP contribution in [0.15, 0.2) is 66.9 Å². The fraction of sp³-hybridized carbons (Fsp3) is 0.227. The minimum atomic E-state index is -0.397. The van der Waals surface area contributed by atoms with Crippen LogP contribution < -0.4 is 4.74 Å². The topological polar surface area (TPSA) is 66.2 Å². The highest BCUT2D eigenvalue weighted by Crippen LogP contribution is 2.40. The fourth-order valence-electron chi connectivity index (χ4n) is 3.84. The molecule has 0 spiro atoms. The van der Waals surface area contributed by atoms with Gasteiger partial charge >= 0.3 is 0 Å². The Kier molecular flexibility index (Phi) is 4.47. The molecule has 0 amide bonds. The Morgan fingerprint density at radius 1 is 1.26 bits per heavy atom. The lowest BCUT2D eigenvalue weighted by molar-refractivity contribution is 0.0899. The number of fused-ring (bicyclic) bond motifs is 1. The smallest absolute Gasteiger partial charge is 0.185 e. The Hall–Kier alpha value is -3.39. The van der Waals surface area contributed by atoms with Crippen LogP contribution in [-0.4, -0.2) is 34.9 Å². The molecular formula is C22H19N3O2. The number of methoxy groups -OCH3 is 1. The summed E-state index contributed by atoms with van der Waals surface area (Å²) in [5, 5.41) is 9.63. The Balaban J connectivity index is 1.71. The number of carbonyl (C=O) groups excluding carboxylic acids is 1. The highest BCUT2D eigenvalue weighted by Gasteiger charge is 2.45. The molecular weight excluding hydrogens is 338 g/mol. The Bertz CT molecular complexity index is 942. The van der Waals surface area contributed by atoms with Gasteiger partial charge in [0.05, 0.1) is 42.6 Å². The monoisotopic (exact) mass is 357 g/mol. The first-order chi connectivity index (χ1) is 13.2. The summed E-state index contributed by atoms with van der Waals surface area (Å²) in [5.41, 5.74) is 2.30. The fourth-order valence-corrected chi connectivity index (χ4v) is 3.84. The Morgan fingerprint density at radius 2 is 2.07 bits per heavy atom. The van der Waals surface area contributed by atoms with Crippen molar-refractivity contribution in [3.8, 4) is 11.8 Å². The Morgan fingerprint density at radius 3 is 2.74 bits per heavy atom. The summed E-state index contributed by atoms with van der Waals surface area (Å²) in [7, 11) is 1.60. The van der Waals surface area contributed by atoms with E-state index in [2.05, 4.69) is 16.0 Å². The summed E-state index contributed by atoms with van der Waals surface area (Å²) in [6, 6.07) is 14.7. The summed E-state index contributed by atoms with van der Waals surface area (Å²) in [6.07, 6.45) is 8.16. The number of ketones is 1. The lowest BCUT2D eigenvalue weighted by Crippen LogP contribution is -2.40. The first-order valence-electron chi connectivity index (χ1n) is 8.89. The third-order valence-electron chi connectivity index (χ3n) is 5.16. The normalized spacial score (nSPS) is 23.3. The second kappa shape index (κ2) is 7.08. The van der Waals surface area contributed by atoms with Gasteiger partial charge in [-0.15, -0.1) is 0 Å². The Labute approximate surface area is 158 Å². The third kappa shape index (κ3) is 3.00. The van der Waals surface area contributed by atoms with Gasteiger partial charge in [-0.1, -0.05) is 18.2 Å². The quantitative estimate of drug-likeness (QED) is 0.784. The average molecular weight is 357 g/mol. The summed E-state index contributed by atoms with van der Waals surface area (Å²) in [4.78, 5) is 19.8. The number of aromatic nitrogens is 1. The zero-order valence-electron chi connectivity index (χ0n) is 14.9. The van der Waals surface area contributed by atoms with Crippen molar-refractivity contribution >= 4 is 11.5 Å². The van der Waals surface area contributed by atoms with Crippen molar-refractivity contribution in [1.29, 1.82) is 5.26 Å². The zero-order chi connectivity index (χ0) is 18.8. The predicted octanol–water partition coefficient (Wildman–Crippen LogP) is 3.47. The van der Waals surface area contributed by atoms with Crippen molar-refractivity contribution in [3.05, 3.63) is 78.1 Å². The van der Waals surface area contributed by atoms with Gasteiger partial charge in [0.2, 0.25) is 0 Å². The molecule has 1 aromatic carbocycles. The van der Waals surface area contributed by atoms with Gasteiger partial charge in [-0.25, -0.2) is 0 Å². The van der Waals surface area contributed by atoms with Crippen molar-refractivity contribution in [3.63, 3.8) is 0 Å². The minimum Gasteiger partial charge on any atom is -0.497 e. The van der Waals surface area contributed by atoms with Gasteiger partial charge in [0.1, 0.15) is 5.75 Å². The molecule has 2 aliphatic heterocycles. The summed E-state index contributed by atoms with van der Waals surface area (Å²) >= 11 is 0. The number of nitrogens with zero attached hydrogens (tertiary/aromatic N) is 3. The third-order valence-corrected chi connectivity index (χ3v) is 5.16. The van der Waals surface area contributed by atoms with Crippen LogP contribution in [0.25, 0.3) is 5.70 Å². The van der Waals surface area contributed by atoms with Gasteiger partial charge in [0, 0.05) is 11.8 Å². The minimum absolute atomic E-state index is 0.0116. The number of hydrogen-bond acceptors (Lipinski definition) is 5. The van der Waals surface area contributed by atoms with E-state index in [1.807, 2.05) is 36.4 Å². The molecule has 0 bridgehead atoms. The summed E-state index contributed by atoms with van der Waals surface area (Å²) in [6.45, 7) is 0. The highest BCUT2D eigenvalue weighted by molar-refractivity contribution is 6.01. The maximum absolute atomic E-state index is 13.3. The van der Waals surface area contributed by atoms with Gasteiger partial charge in [0.25, 0.3) is 0 Å². The number of ether oxygens (including phenoxy) is 1. The van der Waals surface area contributed by atoms with Crippen LogP contribution in [0.5, 0.6) is 5.75 Å². The molecule has 134 valence electrons. The number of allylic oxidation sites excluding steroid dienone is 2. The van der Waals surface area contributed by atoms with Crippen molar-refractivity contribution in [2.45, 2.75) is 18.5 Å². The summed E-state index contributed by atoms with van der Waals surface area (Å²) in [5.74, 6) is 0.485. The summed E-state index contributed by atoms with van der Waals surface area (Å²) < 4.78 is 5.18. The van der Waals surface area contributed by atoms with Crippen molar-refractivity contribution in [1.82, 2.24) is 9.88 Å². The van der Waals surface area contributed by atoms with Gasteiger partial charge in [-0.2, -0.15) is 5.26 Å². The predicted molar refractivity (Wildman–Crippen MR) is 102 cm³/mol. The number of benzene rings is 1. The maximum Gasteiger partial charge on any atom is 0.185 e. The van der Waals surface area contributed by atoms with E-state index in [1.165, 1.54) is 0 Å². The molecule has 5 heteroatoms. The second-order valence-electron chi connectivity index (χ2n) is 6.63. The molecule has 27 heavy (non-hydrogen) atoms. The first kappa shape index (κ1) is 17.0. The molecule has 3 heterocycles. The highest BCUT2D eigenvalue weighted by atomic mass is 16.5. The molecule has 5 nitrogen and oxygen atoms in total. The molecule has 1 fully saturated rings. The van der Waals surface area contributed by atoms with E-state index in [4.69, 9.17) is 4.74 Å². The molecule has 0 aliphatic carbocycles. The van der Waals surface area contributed by atoms with E-state index in [9.17, 15) is 10.1 Å². The zero-order valence-corrected chi connectivity index (χ0v) is 14.9. The molecule has 4 rings (SSSR count). The van der Waals surface area contributed by atoms with E-state index in [0.717, 1.165) is 11.4 Å². The number of rotatable bonds is 4. The van der Waals surface area contributed by atoms with Crippen LogP contribution in [0, 0.1) is 17.2 Å². The lowest BCUT2D eigenvalue weighted by Gasteiger charge is -2.34. The molecule has 2 aliphatic rings. The van der Waals surface area contributed by atoms with Crippen LogP contribution in [0.2, 0.25) is 0 Å². The number of carbonyl (C=O) groups is 1. The van der Waals surface area contributed by atoms with Crippen LogP contribution in [0.1, 0.15) is 22.5 Å². The molecule has 0 unspecified atom stereocenters. The number of Topliss-reactive ketones (excluding diaryl/α,β-unsaturated/α-hetero) is 1. The van der Waals surface area contributed by atoms with E-state index < -0.39 is 6.04 Å². The van der Waals surface area contributed by atoms with Gasteiger partial charge in [-0.3, -0.25) is 9.78 Å². The molecule has 0 N–H and O–H groups in total. The largest absolute Gasteiger partial charge is 0.497 e. The second-order valence-corrected chi connectivity index (χ2v) is 6.63. The lowest BCUT2D eigenvalue weighted by atomic mass is 9.97. The van der Waals surface area contributed by atoms with E-state index in [-0.39, 0.29) is 17.7 Å². The van der Waals surface area contributed by atoms with Gasteiger partial charge in [0.15, 0.2) is 5.78 Å². The maximum atomic E-state index is 13.3. The molecule has 1 aromatic heterocycles. The number of hydrogen-bond donors (Lipinski definition) is 0. The van der Waals surface area contributed by atoms with E-state index in [0.29, 0.717) is 17.7 Å². The van der Waals surface area contributed by atoms with Crippen LogP contribution in [0.3, 0.4) is 0 Å². The number of nitriles is 1. The van der Waals surface area contributed by atoms with Crippen molar-refractivity contribution < 1.29 is 9.53 Å². The van der Waals surface area contributed by atoms with Crippen molar-refractivity contribution in [2.24, 2.45) is 5.92 Å². The van der Waals surface area contributed by atoms with E-state index in [1.54, 1.807) is 37.6 Å². The van der Waals surface area contributed by atoms with Crippen LogP contribution in [-0.2, 0) is 0 Å².